The first-order valence-electron chi connectivity index (χ1n) is 9.44. The summed E-state index contributed by atoms with van der Waals surface area (Å²) < 4.78 is 6.23. The largest absolute Gasteiger partial charge is 0.497 e. The second kappa shape index (κ2) is 7.11. The molecule has 0 aliphatic carbocycles. The average molecular weight is 432 g/mol. The number of aromatic nitrogens is 1. The van der Waals surface area contributed by atoms with Gasteiger partial charge in [0.05, 0.1) is 29.4 Å². The number of imide groups is 1. The van der Waals surface area contributed by atoms with E-state index in [0.29, 0.717) is 23.4 Å². The summed E-state index contributed by atoms with van der Waals surface area (Å²) in [5, 5.41) is 4.85. The van der Waals surface area contributed by atoms with Crippen LogP contribution < -0.4 is 15.4 Å². The van der Waals surface area contributed by atoms with Gasteiger partial charge in [-0.1, -0.05) is 17.9 Å². The van der Waals surface area contributed by atoms with Gasteiger partial charge in [-0.25, -0.2) is 9.78 Å². The van der Waals surface area contributed by atoms with Crippen LogP contribution in [0.15, 0.2) is 41.9 Å². The third kappa shape index (κ3) is 3.27. The molecule has 0 spiro atoms. The second-order valence-corrected chi connectivity index (χ2v) is 8.17. The maximum absolute atomic E-state index is 12.9. The lowest BCUT2D eigenvalue weighted by atomic mass is 9.99. The molecular formula is C22H16N4O4S. The molecule has 154 valence electrons. The van der Waals surface area contributed by atoms with Crippen LogP contribution in [0.3, 0.4) is 0 Å². The molecule has 3 aromatic rings. The molecule has 5 rings (SSSR count). The minimum absolute atomic E-state index is 0.0770. The summed E-state index contributed by atoms with van der Waals surface area (Å²) in [4.78, 5) is 43.4. The molecule has 3 heterocycles. The topological polar surface area (TPSA) is 101 Å². The lowest BCUT2D eigenvalue weighted by Gasteiger charge is -2.26. The summed E-state index contributed by atoms with van der Waals surface area (Å²) in [5.74, 6) is 5.63. The Bertz CT molecular complexity index is 1320. The Labute approximate surface area is 181 Å². The molecule has 31 heavy (non-hydrogen) atoms. The number of rotatable bonds is 3. The van der Waals surface area contributed by atoms with Crippen molar-refractivity contribution in [2.45, 2.75) is 12.1 Å². The minimum atomic E-state index is -1.55. The fourth-order valence-electron chi connectivity index (χ4n) is 3.73. The molecule has 0 bridgehead atoms. The molecule has 1 aromatic heterocycles. The molecular weight excluding hydrogens is 416 g/mol. The highest BCUT2D eigenvalue weighted by atomic mass is 32.1. The van der Waals surface area contributed by atoms with Crippen LogP contribution in [0, 0.1) is 11.8 Å². The summed E-state index contributed by atoms with van der Waals surface area (Å²) in [6.45, 7) is 0.238. The number of carbonyl (C=O) groups is 3. The van der Waals surface area contributed by atoms with Crippen molar-refractivity contribution in [3.05, 3.63) is 58.6 Å². The molecule has 0 radical (unpaired) electrons. The average Bonchev–Trinajstić information content (AvgIpc) is 3.43. The molecule has 9 heteroatoms. The number of nitrogens with one attached hydrogen (secondary N) is 2. The van der Waals surface area contributed by atoms with Crippen LogP contribution in [0.4, 0.5) is 4.79 Å². The van der Waals surface area contributed by atoms with Gasteiger partial charge in [0.2, 0.25) is 5.54 Å². The number of benzene rings is 2. The van der Waals surface area contributed by atoms with Crippen LogP contribution in [-0.4, -0.2) is 46.9 Å². The predicted molar refractivity (Wildman–Crippen MR) is 114 cm³/mol. The molecule has 2 aliphatic rings. The normalized spacial score (nSPS) is 19.6. The summed E-state index contributed by atoms with van der Waals surface area (Å²) in [7, 11) is 1.53. The molecule has 0 unspecified atom stereocenters. The molecule has 1 atom stereocenters. The van der Waals surface area contributed by atoms with E-state index in [1.807, 2.05) is 24.3 Å². The molecule has 0 saturated carbocycles. The number of carbonyl (C=O) groups excluding carboxylic acids is 3. The van der Waals surface area contributed by atoms with Gasteiger partial charge in [-0.05, 0) is 35.9 Å². The zero-order valence-corrected chi connectivity index (χ0v) is 17.2. The van der Waals surface area contributed by atoms with Gasteiger partial charge in [-0.15, -0.1) is 11.3 Å². The molecule has 1 saturated heterocycles. The summed E-state index contributed by atoms with van der Waals surface area (Å²) >= 11 is 1.52. The van der Waals surface area contributed by atoms with Crippen LogP contribution in [0.2, 0.25) is 0 Å². The van der Waals surface area contributed by atoms with E-state index in [2.05, 4.69) is 27.5 Å². The molecule has 2 aromatic carbocycles. The zero-order valence-electron chi connectivity index (χ0n) is 16.4. The standard InChI is InChI=1S/C22H16N4O4S/c1-30-15-4-3-14-10-26(19(27)16(14)9-15)11-22(20(28)24-21(29)25-22)7-6-13-2-5-18-17(8-13)23-12-31-18/h2-5,8-9,12H,10-11H2,1H3,(H2,24,25,28,29)/t22-/m1/s1. The van der Waals surface area contributed by atoms with E-state index in [1.165, 1.54) is 23.3 Å². The Morgan fingerprint density at radius 2 is 2.10 bits per heavy atom. The highest BCUT2D eigenvalue weighted by molar-refractivity contribution is 7.16. The van der Waals surface area contributed by atoms with Crippen molar-refractivity contribution < 1.29 is 19.1 Å². The SMILES string of the molecule is COc1ccc2c(c1)C(=O)N(C[C@@]1(C#Cc3ccc4scnc4c3)NC(=O)NC1=O)C2. The minimum Gasteiger partial charge on any atom is -0.497 e. The highest BCUT2D eigenvalue weighted by Crippen LogP contribution is 2.28. The smallest absolute Gasteiger partial charge is 0.323 e. The van der Waals surface area contributed by atoms with Crippen molar-refractivity contribution in [2.24, 2.45) is 0 Å². The summed E-state index contributed by atoms with van der Waals surface area (Å²) in [6.07, 6.45) is 0. The Balaban J connectivity index is 1.47. The van der Waals surface area contributed by atoms with Crippen molar-refractivity contribution in [1.29, 1.82) is 0 Å². The van der Waals surface area contributed by atoms with Crippen LogP contribution >= 0.6 is 11.3 Å². The first-order chi connectivity index (χ1) is 15.0. The van der Waals surface area contributed by atoms with Crippen LogP contribution in [0.1, 0.15) is 21.5 Å². The fraction of sp³-hybridized carbons (Fsp3) is 0.182. The summed E-state index contributed by atoms with van der Waals surface area (Å²) in [5.41, 5.74) is 3.02. The van der Waals surface area contributed by atoms with Crippen LogP contribution in [0.25, 0.3) is 10.2 Å². The monoisotopic (exact) mass is 432 g/mol. The lowest BCUT2D eigenvalue weighted by Crippen LogP contribution is -2.54. The van der Waals surface area contributed by atoms with E-state index in [-0.39, 0.29) is 12.5 Å². The number of thiazole rings is 1. The maximum atomic E-state index is 12.9. The van der Waals surface area contributed by atoms with E-state index in [0.717, 1.165) is 15.8 Å². The van der Waals surface area contributed by atoms with Gasteiger partial charge in [0.1, 0.15) is 5.75 Å². The lowest BCUT2D eigenvalue weighted by molar-refractivity contribution is -0.122. The molecule has 2 N–H and O–H groups in total. The number of fused-ring (bicyclic) bond motifs is 2. The third-order valence-electron chi connectivity index (χ3n) is 5.32. The van der Waals surface area contributed by atoms with Crippen LogP contribution in [0.5, 0.6) is 5.75 Å². The Morgan fingerprint density at radius 3 is 2.87 bits per heavy atom. The fourth-order valence-corrected chi connectivity index (χ4v) is 4.39. The number of ether oxygens (including phenoxy) is 1. The number of nitrogens with zero attached hydrogens (tertiary/aromatic N) is 2. The van der Waals surface area contributed by atoms with Gasteiger partial charge in [0.25, 0.3) is 11.8 Å². The van der Waals surface area contributed by atoms with E-state index in [1.54, 1.807) is 17.6 Å². The second-order valence-electron chi connectivity index (χ2n) is 7.28. The number of hydrogen-bond acceptors (Lipinski definition) is 6. The zero-order chi connectivity index (χ0) is 21.6. The molecule has 4 amide bonds. The number of amides is 4. The molecule has 8 nitrogen and oxygen atoms in total. The van der Waals surface area contributed by atoms with E-state index in [4.69, 9.17) is 4.74 Å². The van der Waals surface area contributed by atoms with Gasteiger partial charge in [-0.2, -0.15) is 0 Å². The first kappa shape index (κ1) is 19.1. The summed E-state index contributed by atoms with van der Waals surface area (Å²) in [6, 6.07) is 10.2. The van der Waals surface area contributed by atoms with E-state index < -0.39 is 17.5 Å². The third-order valence-corrected chi connectivity index (χ3v) is 6.13. The van der Waals surface area contributed by atoms with Crippen molar-refractivity contribution in [1.82, 2.24) is 20.5 Å². The highest BCUT2D eigenvalue weighted by Gasteiger charge is 2.48. The maximum Gasteiger partial charge on any atom is 0.323 e. The van der Waals surface area contributed by atoms with Crippen molar-refractivity contribution in [3.8, 4) is 17.6 Å². The molecule has 1 fully saturated rings. The van der Waals surface area contributed by atoms with Gasteiger partial charge in [0.15, 0.2) is 0 Å². The van der Waals surface area contributed by atoms with Gasteiger partial charge in [-0.3, -0.25) is 14.9 Å². The number of urea groups is 1. The Hall–Kier alpha value is -3.90. The van der Waals surface area contributed by atoms with E-state index in [9.17, 15) is 14.4 Å². The Morgan fingerprint density at radius 1 is 1.23 bits per heavy atom. The van der Waals surface area contributed by atoms with Gasteiger partial charge in [0, 0.05) is 17.7 Å². The quantitative estimate of drug-likeness (QED) is 0.486. The van der Waals surface area contributed by atoms with Gasteiger partial charge < -0.3 is 15.0 Å². The number of hydrogen-bond donors (Lipinski definition) is 2. The number of methoxy groups -OCH3 is 1. The predicted octanol–water partition coefficient (Wildman–Crippen LogP) is 1.89. The Kier molecular flexibility index (Phi) is 4.38. The van der Waals surface area contributed by atoms with Crippen LogP contribution in [-0.2, 0) is 11.3 Å². The van der Waals surface area contributed by atoms with E-state index >= 15 is 0 Å². The van der Waals surface area contributed by atoms with Crippen molar-refractivity contribution >= 4 is 39.4 Å². The van der Waals surface area contributed by atoms with Crippen molar-refractivity contribution in [2.75, 3.05) is 13.7 Å². The molecule has 2 aliphatic heterocycles. The van der Waals surface area contributed by atoms with Gasteiger partial charge >= 0.3 is 6.03 Å². The first-order valence-corrected chi connectivity index (χ1v) is 10.3. The van der Waals surface area contributed by atoms with Crippen molar-refractivity contribution in [3.63, 3.8) is 0 Å².